The predicted molar refractivity (Wildman–Crippen MR) is 59.2 cm³/mol. The molecule has 0 rings (SSSR count). The average molecular weight is 200 g/mol. The first kappa shape index (κ1) is 13.6. The zero-order chi connectivity index (χ0) is 11.0. The highest BCUT2D eigenvalue weighted by atomic mass is 16.2. The molecule has 0 saturated carbocycles. The second-order valence-electron chi connectivity index (χ2n) is 4.39. The van der Waals surface area contributed by atoms with Crippen molar-refractivity contribution in [3.8, 4) is 0 Å². The number of hydrogen-bond acceptors (Lipinski definition) is 2. The number of hydrogen-bond donors (Lipinski definition) is 1. The molecule has 0 fully saturated rings. The summed E-state index contributed by atoms with van der Waals surface area (Å²) in [5.74, 6) is 1.02. The number of aliphatic hydroxyl groups excluding tert-OH is 1. The Kier molecular flexibility index (Phi) is 7.77. The van der Waals surface area contributed by atoms with Crippen LogP contribution in [0.15, 0.2) is 0 Å². The molecule has 0 bridgehead atoms. The Bertz CT molecular complexity index is 152. The fourth-order valence-electron chi connectivity index (χ4n) is 1.84. The number of carbonyl (C=O) groups is 1. The molecule has 0 heterocycles. The van der Waals surface area contributed by atoms with Crippen molar-refractivity contribution in [3.63, 3.8) is 0 Å². The Labute approximate surface area is 87.7 Å². The zero-order valence-electron chi connectivity index (χ0n) is 9.75. The Balaban J connectivity index is 3.57. The molecular formula is C12H24O2. The molecule has 2 heteroatoms. The molecule has 0 radical (unpaired) electrons. The van der Waals surface area contributed by atoms with Crippen LogP contribution in [0, 0.1) is 11.8 Å². The zero-order valence-corrected chi connectivity index (χ0v) is 9.75. The minimum absolute atomic E-state index is 0.240. The van der Waals surface area contributed by atoms with Crippen LogP contribution in [0.25, 0.3) is 0 Å². The Hall–Kier alpha value is -0.370. The van der Waals surface area contributed by atoms with E-state index in [0.29, 0.717) is 18.3 Å². The van der Waals surface area contributed by atoms with Gasteiger partial charge in [-0.05, 0) is 25.7 Å². The van der Waals surface area contributed by atoms with Crippen LogP contribution in [0.4, 0.5) is 0 Å². The van der Waals surface area contributed by atoms with Gasteiger partial charge in [0.25, 0.3) is 0 Å². The SMILES string of the molecule is CC(=O)C(CCCCCCO)C(C)C. The molecule has 0 aromatic rings. The van der Waals surface area contributed by atoms with Crippen LogP contribution < -0.4 is 0 Å². The van der Waals surface area contributed by atoms with Crippen LogP contribution >= 0.6 is 0 Å². The van der Waals surface area contributed by atoms with Gasteiger partial charge in [-0.25, -0.2) is 0 Å². The topological polar surface area (TPSA) is 37.3 Å². The lowest BCUT2D eigenvalue weighted by atomic mass is 9.87. The summed E-state index contributed by atoms with van der Waals surface area (Å²) in [6, 6.07) is 0. The van der Waals surface area contributed by atoms with Crippen molar-refractivity contribution in [2.75, 3.05) is 6.61 Å². The van der Waals surface area contributed by atoms with E-state index in [0.717, 1.165) is 32.1 Å². The molecular weight excluding hydrogens is 176 g/mol. The molecule has 84 valence electrons. The summed E-state index contributed by atoms with van der Waals surface area (Å²) in [4.78, 5) is 11.3. The first-order chi connectivity index (χ1) is 6.59. The fraction of sp³-hybridized carbons (Fsp3) is 0.917. The molecule has 0 aliphatic carbocycles. The maximum Gasteiger partial charge on any atom is 0.133 e. The molecule has 0 amide bonds. The highest BCUT2D eigenvalue weighted by molar-refractivity contribution is 5.78. The van der Waals surface area contributed by atoms with Gasteiger partial charge in [0.2, 0.25) is 0 Å². The number of unbranched alkanes of at least 4 members (excludes halogenated alkanes) is 3. The van der Waals surface area contributed by atoms with Crippen LogP contribution in [0.5, 0.6) is 0 Å². The van der Waals surface area contributed by atoms with Gasteiger partial charge in [0.1, 0.15) is 5.78 Å². The third-order valence-corrected chi connectivity index (χ3v) is 2.75. The normalized spacial score (nSPS) is 13.2. The summed E-state index contributed by atoms with van der Waals surface area (Å²) in [6.07, 6.45) is 5.24. The van der Waals surface area contributed by atoms with Crippen LogP contribution in [-0.4, -0.2) is 17.5 Å². The molecule has 0 aliphatic rings. The molecule has 0 aromatic carbocycles. The van der Waals surface area contributed by atoms with Gasteiger partial charge in [-0.3, -0.25) is 4.79 Å². The Morgan fingerprint density at radius 3 is 2.14 bits per heavy atom. The maximum atomic E-state index is 11.3. The van der Waals surface area contributed by atoms with Gasteiger partial charge in [0, 0.05) is 12.5 Å². The van der Waals surface area contributed by atoms with Crippen molar-refractivity contribution in [3.05, 3.63) is 0 Å². The third-order valence-electron chi connectivity index (χ3n) is 2.75. The van der Waals surface area contributed by atoms with Crippen molar-refractivity contribution < 1.29 is 9.90 Å². The minimum Gasteiger partial charge on any atom is -0.396 e. The molecule has 0 saturated heterocycles. The molecule has 14 heavy (non-hydrogen) atoms. The van der Waals surface area contributed by atoms with Gasteiger partial charge >= 0.3 is 0 Å². The quantitative estimate of drug-likeness (QED) is 0.612. The first-order valence-corrected chi connectivity index (χ1v) is 5.71. The number of rotatable bonds is 8. The lowest BCUT2D eigenvalue weighted by molar-refractivity contribution is -0.122. The van der Waals surface area contributed by atoms with E-state index in [-0.39, 0.29) is 5.92 Å². The molecule has 0 aliphatic heterocycles. The van der Waals surface area contributed by atoms with Crippen LogP contribution in [0.2, 0.25) is 0 Å². The maximum absolute atomic E-state index is 11.3. The summed E-state index contributed by atoms with van der Waals surface area (Å²) in [5, 5.41) is 8.60. The molecule has 2 nitrogen and oxygen atoms in total. The van der Waals surface area contributed by atoms with Crippen molar-refractivity contribution in [1.82, 2.24) is 0 Å². The van der Waals surface area contributed by atoms with Crippen molar-refractivity contribution in [1.29, 1.82) is 0 Å². The summed E-state index contributed by atoms with van der Waals surface area (Å²) in [5.41, 5.74) is 0. The minimum atomic E-state index is 0.240. The second-order valence-corrected chi connectivity index (χ2v) is 4.39. The standard InChI is InChI=1S/C12H24O2/c1-10(2)12(11(3)14)8-6-4-5-7-9-13/h10,12-13H,4-9H2,1-3H3. The van der Waals surface area contributed by atoms with E-state index in [9.17, 15) is 4.79 Å². The highest BCUT2D eigenvalue weighted by Gasteiger charge is 2.17. The van der Waals surface area contributed by atoms with Crippen LogP contribution in [0.1, 0.15) is 52.9 Å². The van der Waals surface area contributed by atoms with Gasteiger partial charge in [-0.2, -0.15) is 0 Å². The van der Waals surface area contributed by atoms with Crippen LogP contribution in [-0.2, 0) is 4.79 Å². The van der Waals surface area contributed by atoms with Crippen LogP contribution in [0.3, 0.4) is 0 Å². The molecule has 1 unspecified atom stereocenters. The van der Waals surface area contributed by atoms with Gasteiger partial charge in [0.05, 0.1) is 0 Å². The van der Waals surface area contributed by atoms with E-state index in [1.54, 1.807) is 6.92 Å². The van der Waals surface area contributed by atoms with E-state index >= 15 is 0 Å². The predicted octanol–water partition coefficient (Wildman–Crippen LogP) is 2.79. The van der Waals surface area contributed by atoms with Crippen molar-refractivity contribution in [2.45, 2.75) is 52.9 Å². The monoisotopic (exact) mass is 200 g/mol. The third kappa shape index (κ3) is 6.14. The average Bonchev–Trinajstić information content (AvgIpc) is 2.09. The van der Waals surface area contributed by atoms with Gasteiger partial charge in [-0.1, -0.05) is 33.1 Å². The summed E-state index contributed by atoms with van der Waals surface area (Å²) >= 11 is 0. The van der Waals surface area contributed by atoms with E-state index in [2.05, 4.69) is 13.8 Å². The summed E-state index contributed by atoms with van der Waals surface area (Å²) in [7, 11) is 0. The molecule has 1 atom stereocenters. The fourth-order valence-corrected chi connectivity index (χ4v) is 1.84. The van der Waals surface area contributed by atoms with E-state index in [1.807, 2.05) is 0 Å². The van der Waals surface area contributed by atoms with Gasteiger partial charge in [0.15, 0.2) is 0 Å². The van der Waals surface area contributed by atoms with Gasteiger partial charge < -0.3 is 5.11 Å². The smallest absolute Gasteiger partial charge is 0.133 e. The highest BCUT2D eigenvalue weighted by Crippen LogP contribution is 2.19. The molecule has 1 N–H and O–H groups in total. The number of carbonyl (C=O) groups excluding carboxylic acids is 1. The molecule has 0 spiro atoms. The number of aliphatic hydroxyl groups is 1. The second kappa shape index (κ2) is 7.98. The Morgan fingerprint density at radius 1 is 1.14 bits per heavy atom. The lowest BCUT2D eigenvalue weighted by Gasteiger charge is -2.17. The van der Waals surface area contributed by atoms with Crippen molar-refractivity contribution >= 4 is 5.78 Å². The summed E-state index contributed by atoms with van der Waals surface area (Å²) < 4.78 is 0. The van der Waals surface area contributed by atoms with Crippen molar-refractivity contribution in [2.24, 2.45) is 11.8 Å². The number of Topliss-reactive ketones (excluding diaryl/α,β-unsaturated/α-hetero) is 1. The van der Waals surface area contributed by atoms with Gasteiger partial charge in [-0.15, -0.1) is 0 Å². The van der Waals surface area contributed by atoms with E-state index in [1.165, 1.54) is 0 Å². The lowest BCUT2D eigenvalue weighted by Crippen LogP contribution is -2.17. The number of ketones is 1. The van der Waals surface area contributed by atoms with E-state index < -0.39 is 0 Å². The largest absolute Gasteiger partial charge is 0.396 e. The first-order valence-electron chi connectivity index (χ1n) is 5.71. The Morgan fingerprint density at radius 2 is 1.71 bits per heavy atom. The van der Waals surface area contributed by atoms with E-state index in [4.69, 9.17) is 5.11 Å². The summed E-state index contributed by atoms with van der Waals surface area (Å²) in [6.45, 7) is 6.21. The molecule has 0 aromatic heterocycles.